The number of hydrogen-bond acceptors (Lipinski definition) is 6. The standard InChI is InChI=1S/C18H19N5O3/c1-11-14(15-17(25)21-10-22-18(15)26-11)16(24)20-9-12-4-5-13(19-8-12)23-6-2-3-7-23/h4-5,8,10H,2-3,6-7,9H2,1H3,(H,20,24)(H,21,22,25). The summed E-state index contributed by atoms with van der Waals surface area (Å²) in [6, 6.07) is 3.93. The van der Waals surface area contributed by atoms with E-state index in [-0.39, 0.29) is 22.6 Å². The molecule has 4 heterocycles. The fraction of sp³-hybridized carbons (Fsp3) is 0.333. The van der Waals surface area contributed by atoms with Crippen molar-refractivity contribution in [2.24, 2.45) is 0 Å². The van der Waals surface area contributed by atoms with Crippen molar-refractivity contribution in [2.45, 2.75) is 26.3 Å². The lowest BCUT2D eigenvalue weighted by Gasteiger charge is -2.16. The predicted molar refractivity (Wildman–Crippen MR) is 96.2 cm³/mol. The lowest BCUT2D eigenvalue weighted by Crippen LogP contribution is -2.25. The minimum atomic E-state index is -0.395. The number of carbonyl (C=O) groups is 1. The first kappa shape index (κ1) is 16.3. The van der Waals surface area contributed by atoms with Gasteiger partial charge in [-0.05, 0) is 31.4 Å². The fourth-order valence-corrected chi connectivity index (χ4v) is 3.25. The molecule has 0 aromatic carbocycles. The zero-order chi connectivity index (χ0) is 18.1. The Morgan fingerprint density at radius 3 is 2.85 bits per heavy atom. The number of hydrogen-bond donors (Lipinski definition) is 2. The van der Waals surface area contributed by atoms with Crippen molar-refractivity contribution in [3.63, 3.8) is 0 Å². The molecule has 8 heteroatoms. The topological polar surface area (TPSA) is 104 Å². The Morgan fingerprint density at radius 2 is 2.12 bits per heavy atom. The van der Waals surface area contributed by atoms with Crippen molar-refractivity contribution in [1.29, 1.82) is 0 Å². The van der Waals surface area contributed by atoms with Crippen molar-refractivity contribution in [3.05, 3.63) is 51.9 Å². The van der Waals surface area contributed by atoms with E-state index in [2.05, 4.69) is 25.2 Å². The van der Waals surface area contributed by atoms with Crippen molar-refractivity contribution >= 4 is 22.8 Å². The molecule has 0 unspecified atom stereocenters. The molecular weight excluding hydrogens is 334 g/mol. The van der Waals surface area contributed by atoms with E-state index in [9.17, 15) is 9.59 Å². The van der Waals surface area contributed by atoms with Gasteiger partial charge >= 0.3 is 0 Å². The molecule has 0 atom stereocenters. The van der Waals surface area contributed by atoms with Gasteiger partial charge in [-0.15, -0.1) is 0 Å². The fourth-order valence-electron chi connectivity index (χ4n) is 3.25. The second-order valence-corrected chi connectivity index (χ2v) is 6.35. The summed E-state index contributed by atoms with van der Waals surface area (Å²) in [6.45, 7) is 4.04. The molecule has 2 N–H and O–H groups in total. The second kappa shape index (κ2) is 6.62. The van der Waals surface area contributed by atoms with E-state index in [0.717, 1.165) is 24.5 Å². The molecule has 1 aliphatic heterocycles. The highest BCUT2D eigenvalue weighted by atomic mass is 16.3. The van der Waals surface area contributed by atoms with Crippen LogP contribution in [0.4, 0.5) is 5.82 Å². The number of amides is 1. The Kier molecular flexibility index (Phi) is 4.16. The molecule has 1 fully saturated rings. The van der Waals surface area contributed by atoms with Crippen molar-refractivity contribution in [1.82, 2.24) is 20.3 Å². The average Bonchev–Trinajstić information content (AvgIpc) is 3.28. The van der Waals surface area contributed by atoms with Crippen LogP contribution in [-0.4, -0.2) is 33.9 Å². The number of aromatic nitrogens is 3. The average molecular weight is 353 g/mol. The van der Waals surface area contributed by atoms with Gasteiger partial charge in [-0.1, -0.05) is 6.07 Å². The van der Waals surface area contributed by atoms with Gasteiger partial charge in [0.2, 0.25) is 5.71 Å². The van der Waals surface area contributed by atoms with E-state index in [1.807, 2.05) is 12.1 Å². The van der Waals surface area contributed by atoms with Crippen LogP contribution in [0, 0.1) is 6.92 Å². The Labute approximate surface area is 149 Å². The molecule has 1 amide bonds. The molecule has 3 aromatic heterocycles. The van der Waals surface area contributed by atoms with Crippen LogP contribution in [0.2, 0.25) is 0 Å². The smallest absolute Gasteiger partial charge is 0.262 e. The molecule has 134 valence electrons. The van der Waals surface area contributed by atoms with Crippen LogP contribution in [0.25, 0.3) is 11.1 Å². The van der Waals surface area contributed by atoms with E-state index < -0.39 is 5.56 Å². The Hall–Kier alpha value is -3.16. The summed E-state index contributed by atoms with van der Waals surface area (Å²) in [6.07, 6.45) is 5.42. The quantitative estimate of drug-likeness (QED) is 0.740. The van der Waals surface area contributed by atoms with Crippen LogP contribution >= 0.6 is 0 Å². The third-order valence-corrected chi connectivity index (χ3v) is 4.59. The van der Waals surface area contributed by atoms with Crippen LogP contribution in [0.3, 0.4) is 0 Å². The summed E-state index contributed by atoms with van der Waals surface area (Å²) in [5, 5.41) is 2.99. The first-order valence-corrected chi connectivity index (χ1v) is 8.58. The van der Waals surface area contributed by atoms with Gasteiger partial charge in [0.25, 0.3) is 11.5 Å². The van der Waals surface area contributed by atoms with Crippen LogP contribution in [0.15, 0.2) is 33.9 Å². The molecule has 0 bridgehead atoms. The summed E-state index contributed by atoms with van der Waals surface area (Å²) < 4.78 is 5.42. The zero-order valence-electron chi connectivity index (χ0n) is 14.4. The third kappa shape index (κ3) is 2.94. The first-order valence-electron chi connectivity index (χ1n) is 8.58. The van der Waals surface area contributed by atoms with Gasteiger partial charge in [0, 0.05) is 25.8 Å². The maximum Gasteiger partial charge on any atom is 0.262 e. The van der Waals surface area contributed by atoms with Gasteiger partial charge < -0.3 is 19.6 Å². The maximum absolute atomic E-state index is 12.6. The number of furan rings is 1. The highest BCUT2D eigenvalue weighted by molar-refractivity contribution is 6.06. The number of rotatable bonds is 4. The van der Waals surface area contributed by atoms with Crippen molar-refractivity contribution < 1.29 is 9.21 Å². The van der Waals surface area contributed by atoms with Crippen LogP contribution in [0.1, 0.15) is 34.5 Å². The number of aromatic amines is 1. The largest absolute Gasteiger partial charge is 0.442 e. The van der Waals surface area contributed by atoms with E-state index in [4.69, 9.17) is 4.42 Å². The molecule has 26 heavy (non-hydrogen) atoms. The Bertz CT molecular complexity index is 1000. The van der Waals surface area contributed by atoms with Gasteiger partial charge in [-0.3, -0.25) is 9.59 Å². The summed E-state index contributed by atoms with van der Waals surface area (Å²) in [5.74, 6) is 0.958. The van der Waals surface area contributed by atoms with Gasteiger partial charge in [0.15, 0.2) is 0 Å². The summed E-state index contributed by atoms with van der Waals surface area (Å²) in [7, 11) is 0. The molecular formula is C18H19N5O3. The molecule has 0 aliphatic carbocycles. The third-order valence-electron chi connectivity index (χ3n) is 4.59. The predicted octanol–water partition coefficient (Wildman–Crippen LogP) is 1.75. The minimum Gasteiger partial charge on any atom is -0.442 e. The number of aryl methyl sites for hydroxylation is 1. The number of carbonyl (C=O) groups excluding carboxylic acids is 1. The SMILES string of the molecule is Cc1oc2nc[nH]c(=O)c2c1C(=O)NCc1ccc(N2CCCC2)nc1. The maximum atomic E-state index is 12.6. The molecule has 4 rings (SSSR count). The molecule has 0 radical (unpaired) electrons. The van der Waals surface area contributed by atoms with Gasteiger partial charge in [-0.2, -0.15) is 0 Å². The number of nitrogens with one attached hydrogen (secondary N) is 2. The van der Waals surface area contributed by atoms with Crippen LogP contribution in [0.5, 0.6) is 0 Å². The highest BCUT2D eigenvalue weighted by Gasteiger charge is 2.21. The van der Waals surface area contributed by atoms with E-state index in [1.165, 1.54) is 19.2 Å². The minimum absolute atomic E-state index is 0.160. The monoisotopic (exact) mass is 353 g/mol. The van der Waals surface area contributed by atoms with Crippen LogP contribution in [-0.2, 0) is 6.54 Å². The normalized spacial score (nSPS) is 14.1. The van der Waals surface area contributed by atoms with Gasteiger partial charge in [0.1, 0.15) is 17.0 Å². The molecule has 1 saturated heterocycles. The number of anilines is 1. The lowest BCUT2D eigenvalue weighted by molar-refractivity contribution is 0.0950. The number of nitrogens with zero attached hydrogens (tertiary/aromatic N) is 3. The first-order chi connectivity index (χ1) is 12.6. The second-order valence-electron chi connectivity index (χ2n) is 6.35. The molecule has 0 saturated carbocycles. The zero-order valence-corrected chi connectivity index (χ0v) is 14.4. The van der Waals surface area contributed by atoms with E-state index in [1.54, 1.807) is 13.1 Å². The summed E-state index contributed by atoms with van der Waals surface area (Å²) >= 11 is 0. The highest BCUT2D eigenvalue weighted by Crippen LogP contribution is 2.21. The van der Waals surface area contributed by atoms with Crippen LogP contribution < -0.4 is 15.8 Å². The summed E-state index contributed by atoms with van der Waals surface area (Å²) in [4.78, 5) is 37.7. The van der Waals surface area contributed by atoms with Crippen molar-refractivity contribution in [2.75, 3.05) is 18.0 Å². The number of pyridine rings is 1. The number of fused-ring (bicyclic) bond motifs is 1. The molecule has 1 aliphatic rings. The lowest BCUT2D eigenvalue weighted by atomic mass is 10.1. The Balaban J connectivity index is 1.49. The van der Waals surface area contributed by atoms with Gasteiger partial charge in [-0.25, -0.2) is 9.97 Å². The van der Waals surface area contributed by atoms with Crippen molar-refractivity contribution in [3.8, 4) is 0 Å². The molecule has 0 spiro atoms. The molecule has 3 aromatic rings. The van der Waals surface area contributed by atoms with E-state index >= 15 is 0 Å². The number of H-pyrrole nitrogens is 1. The Morgan fingerprint density at radius 1 is 1.31 bits per heavy atom. The van der Waals surface area contributed by atoms with E-state index in [0.29, 0.717) is 12.3 Å². The van der Waals surface area contributed by atoms with Gasteiger partial charge in [0.05, 0.1) is 11.9 Å². The molecule has 8 nitrogen and oxygen atoms in total. The summed E-state index contributed by atoms with van der Waals surface area (Å²) in [5.41, 5.74) is 0.872.